The number of nitrogens with one attached hydrogen (secondary N) is 2. The summed E-state index contributed by atoms with van der Waals surface area (Å²) in [4.78, 5) is 38.3. The van der Waals surface area contributed by atoms with Gasteiger partial charge in [0.05, 0.1) is 18.1 Å². The van der Waals surface area contributed by atoms with Crippen molar-refractivity contribution in [3.8, 4) is 0 Å². The van der Waals surface area contributed by atoms with Gasteiger partial charge in [-0.25, -0.2) is 0 Å². The summed E-state index contributed by atoms with van der Waals surface area (Å²) in [5.74, 6) is -1.19. The van der Waals surface area contributed by atoms with Gasteiger partial charge in [0.2, 0.25) is 11.8 Å². The summed E-state index contributed by atoms with van der Waals surface area (Å²) in [6.07, 6.45) is 0. The van der Waals surface area contributed by atoms with Crippen LogP contribution in [-0.2, 0) is 9.59 Å². The lowest BCUT2D eigenvalue weighted by molar-refractivity contribution is -0.132. The van der Waals surface area contributed by atoms with Crippen molar-refractivity contribution in [2.75, 3.05) is 25.5 Å². The Labute approximate surface area is 181 Å². The molecular weight excluding hydrogens is 433 g/mol. The van der Waals surface area contributed by atoms with Gasteiger partial charge in [-0.05, 0) is 30.3 Å². The van der Waals surface area contributed by atoms with E-state index in [1.165, 1.54) is 23.3 Å². The number of anilines is 1. The molecule has 0 radical (unpaired) electrons. The van der Waals surface area contributed by atoms with Crippen LogP contribution in [0.1, 0.15) is 9.67 Å². The summed E-state index contributed by atoms with van der Waals surface area (Å²) in [7, 11) is 1.49. The molecule has 0 fully saturated rings. The van der Waals surface area contributed by atoms with Crippen LogP contribution < -0.4 is 10.6 Å². The van der Waals surface area contributed by atoms with Gasteiger partial charge in [0.1, 0.15) is 4.88 Å². The Bertz CT molecular complexity index is 1070. The lowest BCUT2D eigenvalue weighted by Gasteiger charge is -2.17. The smallest absolute Gasteiger partial charge is 0.263 e. The van der Waals surface area contributed by atoms with E-state index in [1.54, 1.807) is 24.3 Å². The second-order valence-corrected chi connectivity index (χ2v) is 8.10. The Hall–Kier alpha value is -2.61. The van der Waals surface area contributed by atoms with E-state index in [2.05, 4.69) is 10.6 Å². The molecule has 3 rings (SSSR count). The Morgan fingerprint density at radius 2 is 1.72 bits per heavy atom. The largest absolute Gasteiger partial charge is 0.342 e. The van der Waals surface area contributed by atoms with Crippen molar-refractivity contribution in [3.05, 3.63) is 63.5 Å². The molecule has 3 amide bonds. The topological polar surface area (TPSA) is 78.5 Å². The average Bonchev–Trinajstić information content (AvgIpc) is 3.04. The van der Waals surface area contributed by atoms with Crippen molar-refractivity contribution < 1.29 is 14.4 Å². The van der Waals surface area contributed by atoms with Crippen LogP contribution in [0.25, 0.3) is 10.1 Å². The third-order valence-electron chi connectivity index (χ3n) is 4.08. The zero-order chi connectivity index (χ0) is 21.0. The van der Waals surface area contributed by atoms with Gasteiger partial charge in [-0.2, -0.15) is 0 Å². The number of hydrogen-bond acceptors (Lipinski definition) is 4. The third kappa shape index (κ3) is 5.26. The van der Waals surface area contributed by atoms with Gasteiger partial charge in [-0.1, -0.05) is 41.4 Å². The van der Waals surface area contributed by atoms with Crippen molar-refractivity contribution in [1.82, 2.24) is 10.2 Å². The summed E-state index contributed by atoms with van der Waals surface area (Å²) in [5.41, 5.74) is 0.577. The molecule has 0 aliphatic rings. The number of amides is 3. The highest BCUT2D eigenvalue weighted by molar-refractivity contribution is 7.21. The minimum absolute atomic E-state index is 0.152. The van der Waals surface area contributed by atoms with Gasteiger partial charge in [0.15, 0.2) is 0 Å². The van der Waals surface area contributed by atoms with Gasteiger partial charge in [0, 0.05) is 27.8 Å². The number of thiophene rings is 1. The molecule has 0 aliphatic heterocycles. The lowest BCUT2D eigenvalue weighted by atomic mass is 10.2. The molecule has 0 aliphatic carbocycles. The molecule has 0 bridgehead atoms. The summed E-state index contributed by atoms with van der Waals surface area (Å²) in [5, 5.41) is 6.96. The minimum Gasteiger partial charge on any atom is -0.342 e. The Kier molecular flexibility index (Phi) is 6.74. The molecule has 2 N–H and O–H groups in total. The van der Waals surface area contributed by atoms with Gasteiger partial charge < -0.3 is 15.5 Å². The highest BCUT2D eigenvalue weighted by Crippen LogP contribution is 2.34. The third-order valence-corrected chi connectivity index (χ3v) is 6.00. The monoisotopic (exact) mass is 449 g/mol. The van der Waals surface area contributed by atoms with Crippen LogP contribution in [-0.4, -0.2) is 42.8 Å². The van der Waals surface area contributed by atoms with Crippen molar-refractivity contribution in [2.24, 2.45) is 0 Å². The maximum absolute atomic E-state index is 12.4. The van der Waals surface area contributed by atoms with E-state index in [-0.39, 0.29) is 19.0 Å². The Balaban J connectivity index is 1.52. The van der Waals surface area contributed by atoms with E-state index in [0.717, 1.165) is 10.1 Å². The summed E-state index contributed by atoms with van der Waals surface area (Å²) < 4.78 is 0.893. The van der Waals surface area contributed by atoms with Crippen LogP contribution in [0.3, 0.4) is 0 Å². The molecule has 1 aromatic heterocycles. The zero-order valence-corrected chi connectivity index (χ0v) is 17.7. The van der Waals surface area contributed by atoms with Crippen LogP contribution in [0.2, 0.25) is 10.0 Å². The predicted octanol–water partition coefficient (Wildman–Crippen LogP) is 4.04. The first kappa shape index (κ1) is 21.1. The summed E-state index contributed by atoms with van der Waals surface area (Å²) >= 11 is 13.3. The number of halogens is 2. The van der Waals surface area contributed by atoms with Crippen molar-refractivity contribution >= 4 is 68.0 Å². The molecule has 29 heavy (non-hydrogen) atoms. The number of benzene rings is 2. The maximum Gasteiger partial charge on any atom is 0.263 e. The van der Waals surface area contributed by atoms with E-state index < -0.39 is 11.8 Å². The molecule has 3 aromatic rings. The normalized spacial score (nSPS) is 10.6. The fourth-order valence-corrected chi connectivity index (χ4v) is 4.13. The first-order chi connectivity index (χ1) is 13.8. The fraction of sp³-hybridized carbons (Fsp3) is 0.150. The van der Waals surface area contributed by atoms with Gasteiger partial charge in [-0.3, -0.25) is 14.4 Å². The van der Waals surface area contributed by atoms with E-state index in [9.17, 15) is 14.4 Å². The lowest BCUT2D eigenvalue weighted by Crippen LogP contribution is -2.41. The van der Waals surface area contributed by atoms with Gasteiger partial charge >= 0.3 is 0 Å². The molecule has 0 spiro atoms. The van der Waals surface area contributed by atoms with E-state index in [4.69, 9.17) is 23.2 Å². The Morgan fingerprint density at radius 3 is 2.41 bits per heavy atom. The fourth-order valence-electron chi connectivity index (χ4n) is 2.57. The molecular formula is C20H17Cl2N3O3S. The van der Waals surface area contributed by atoms with E-state index in [0.29, 0.717) is 20.6 Å². The maximum atomic E-state index is 12.4. The molecule has 2 aromatic carbocycles. The highest BCUT2D eigenvalue weighted by atomic mass is 35.5. The summed E-state index contributed by atoms with van der Waals surface area (Å²) in [6.45, 7) is -0.394. The van der Waals surface area contributed by atoms with Crippen LogP contribution in [0.15, 0.2) is 48.5 Å². The first-order valence-corrected chi connectivity index (χ1v) is 10.2. The number of carbonyl (C=O) groups excluding carboxylic acids is 3. The van der Waals surface area contributed by atoms with Gasteiger partial charge in [-0.15, -0.1) is 11.3 Å². The van der Waals surface area contributed by atoms with Crippen molar-refractivity contribution in [3.63, 3.8) is 0 Å². The number of fused-ring (bicyclic) bond motifs is 1. The van der Waals surface area contributed by atoms with E-state index >= 15 is 0 Å². The predicted molar refractivity (Wildman–Crippen MR) is 117 cm³/mol. The molecule has 0 unspecified atom stereocenters. The first-order valence-electron chi connectivity index (χ1n) is 8.60. The van der Waals surface area contributed by atoms with Crippen LogP contribution >= 0.6 is 34.5 Å². The van der Waals surface area contributed by atoms with Crippen molar-refractivity contribution in [2.45, 2.75) is 0 Å². The SMILES string of the molecule is CN(CC(=O)Nc1ccc(Cl)cc1)C(=O)CNC(=O)c1sc2ccccc2c1Cl. The number of carbonyl (C=O) groups is 3. The number of hydrogen-bond donors (Lipinski definition) is 2. The zero-order valence-electron chi connectivity index (χ0n) is 15.4. The molecule has 150 valence electrons. The number of likely N-dealkylation sites (N-methyl/N-ethyl adjacent to an activating group) is 1. The van der Waals surface area contributed by atoms with Crippen LogP contribution in [0, 0.1) is 0 Å². The second-order valence-electron chi connectivity index (χ2n) is 6.23. The van der Waals surface area contributed by atoms with E-state index in [1.807, 2.05) is 24.3 Å². The molecule has 9 heteroatoms. The second kappa shape index (κ2) is 9.26. The quantitative estimate of drug-likeness (QED) is 0.595. The minimum atomic E-state index is -0.427. The Morgan fingerprint density at radius 1 is 1.03 bits per heavy atom. The van der Waals surface area contributed by atoms with Crippen LogP contribution in [0.4, 0.5) is 5.69 Å². The molecule has 0 saturated heterocycles. The summed E-state index contributed by atoms with van der Waals surface area (Å²) in [6, 6.07) is 14.1. The average molecular weight is 450 g/mol. The molecule has 0 atom stereocenters. The van der Waals surface area contributed by atoms with Gasteiger partial charge in [0.25, 0.3) is 5.91 Å². The molecule has 0 saturated carbocycles. The number of nitrogens with zero attached hydrogens (tertiary/aromatic N) is 1. The number of rotatable bonds is 6. The molecule has 1 heterocycles. The van der Waals surface area contributed by atoms with Crippen molar-refractivity contribution in [1.29, 1.82) is 0 Å². The highest BCUT2D eigenvalue weighted by Gasteiger charge is 2.19. The van der Waals surface area contributed by atoms with Crippen LogP contribution in [0.5, 0.6) is 0 Å². The molecule has 6 nitrogen and oxygen atoms in total. The standard InChI is InChI=1S/C20H17Cl2N3O3S/c1-25(11-16(26)24-13-8-6-12(21)7-9-13)17(27)10-23-20(28)19-18(22)14-4-2-3-5-15(14)29-19/h2-9H,10-11H2,1H3,(H,23,28)(H,24,26).